The molecule has 39 heavy (non-hydrogen) atoms. The first-order valence-corrected chi connectivity index (χ1v) is 14.8. The first-order valence-electron chi connectivity index (χ1n) is 13.3. The van der Waals surface area contributed by atoms with Gasteiger partial charge in [-0.15, -0.1) is 0 Å². The lowest BCUT2D eigenvalue weighted by Crippen LogP contribution is -2.25. The number of anilines is 3. The Morgan fingerprint density at radius 1 is 0.821 bits per heavy atom. The normalized spacial score (nSPS) is 12.7. The lowest BCUT2D eigenvalue weighted by Gasteiger charge is -2.23. The van der Waals surface area contributed by atoms with Crippen molar-refractivity contribution in [3.05, 3.63) is 76.9 Å². The molecule has 0 atom stereocenters. The number of nitrogens with two attached hydrogens (primary N) is 1. The number of nitrogen functional groups attached to an aromatic ring is 1. The summed E-state index contributed by atoms with van der Waals surface area (Å²) >= 11 is 0. The molecule has 3 aromatic rings. The van der Waals surface area contributed by atoms with Gasteiger partial charge in [-0.25, -0.2) is 0 Å². The van der Waals surface area contributed by atoms with Crippen LogP contribution in [0.2, 0.25) is 0 Å². The number of rotatable bonds is 13. The molecule has 8 nitrogen and oxygen atoms in total. The third-order valence-corrected chi connectivity index (χ3v) is 7.77. The van der Waals surface area contributed by atoms with Crippen LogP contribution in [0.5, 0.6) is 5.75 Å². The number of nitrogens with one attached hydrogen (secondary N) is 1. The van der Waals surface area contributed by atoms with Gasteiger partial charge in [0.2, 0.25) is 0 Å². The van der Waals surface area contributed by atoms with E-state index >= 15 is 0 Å². The molecule has 0 radical (unpaired) electrons. The first kappa shape index (κ1) is 28.3. The van der Waals surface area contributed by atoms with Crippen LogP contribution < -0.4 is 15.8 Å². The van der Waals surface area contributed by atoms with Gasteiger partial charge in [-0.2, -0.15) is 8.42 Å². The third kappa shape index (κ3) is 6.49. The Kier molecular flexibility index (Phi) is 9.04. The summed E-state index contributed by atoms with van der Waals surface area (Å²) < 4.78 is 39.8. The summed E-state index contributed by atoms with van der Waals surface area (Å²) in [6.45, 7) is 2.83. The van der Waals surface area contributed by atoms with E-state index in [-0.39, 0.29) is 27.9 Å². The van der Waals surface area contributed by atoms with E-state index in [9.17, 15) is 22.6 Å². The van der Waals surface area contributed by atoms with Crippen molar-refractivity contribution in [1.82, 2.24) is 0 Å². The minimum atomic E-state index is -4.78. The van der Waals surface area contributed by atoms with Gasteiger partial charge in [0.25, 0.3) is 10.1 Å². The fourth-order valence-corrected chi connectivity index (χ4v) is 5.47. The molecule has 0 amide bonds. The van der Waals surface area contributed by atoms with E-state index in [1.165, 1.54) is 50.7 Å². The number of hydrogen-bond acceptors (Lipinski definition) is 7. The Labute approximate surface area is 229 Å². The molecule has 4 N–H and O–H groups in total. The topological polar surface area (TPSA) is 136 Å². The highest BCUT2D eigenvalue weighted by molar-refractivity contribution is 7.86. The van der Waals surface area contributed by atoms with Gasteiger partial charge in [0.15, 0.2) is 11.6 Å². The molecule has 1 aliphatic carbocycles. The van der Waals surface area contributed by atoms with Gasteiger partial charge in [-0.1, -0.05) is 76.1 Å². The first-order chi connectivity index (χ1) is 18.7. The minimum Gasteiger partial charge on any atom is -0.494 e. The third-order valence-electron chi connectivity index (χ3n) is 6.88. The Hall–Kier alpha value is -3.69. The van der Waals surface area contributed by atoms with Crippen LogP contribution in [0.4, 0.5) is 17.1 Å². The SMILES string of the molecule is CCCCCCCCCCOc1ccc(Nc2cc(S(=O)(=O)O)c(N)c3c2C(=O)c2ccccc2C3=O)cc1. The number of carbonyl (C=O) groups is 2. The summed E-state index contributed by atoms with van der Waals surface area (Å²) in [4.78, 5) is 26.0. The van der Waals surface area contributed by atoms with Gasteiger partial charge in [0.05, 0.1) is 29.1 Å². The van der Waals surface area contributed by atoms with Crippen molar-refractivity contribution < 1.29 is 27.3 Å². The van der Waals surface area contributed by atoms with Crippen LogP contribution in [-0.2, 0) is 10.1 Å². The molecule has 3 aromatic carbocycles. The molecule has 0 unspecified atom stereocenters. The average molecular weight is 551 g/mol. The second-order valence-electron chi connectivity index (χ2n) is 9.74. The summed E-state index contributed by atoms with van der Waals surface area (Å²) in [6.07, 6.45) is 9.72. The van der Waals surface area contributed by atoms with Gasteiger partial charge in [-0.3, -0.25) is 14.1 Å². The van der Waals surface area contributed by atoms with Crippen molar-refractivity contribution in [2.45, 2.75) is 63.2 Å². The maximum atomic E-state index is 13.4. The molecule has 0 heterocycles. The van der Waals surface area contributed by atoms with Crippen molar-refractivity contribution in [1.29, 1.82) is 0 Å². The molecule has 0 saturated heterocycles. The lowest BCUT2D eigenvalue weighted by molar-refractivity contribution is 0.0980. The van der Waals surface area contributed by atoms with Gasteiger partial charge in [-0.05, 0) is 36.8 Å². The second-order valence-corrected chi connectivity index (χ2v) is 11.1. The summed E-state index contributed by atoms with van der Waals surface area (Å²) in [5, 5.41) is 3.03. The maximum Gasteiger partial charge on any atom is 0.296 e. The molecule has 0 aromatic heterocycles. The van der Waals surface area contributed by atoms with Crippen LogP contribution >= 0.6 is 0 Å². The van der Waals surface area contributed by atoms with Gasteiger partial charge in [0.1, 0.15) is 10.6 Å². The van der Waals surface area contributed by atoms with Crippen LogP contribution in [0.25, 0.3) is 0 Å². The molecular formula is C30H34N2O6S. The molecule has 9 heteroatoms. The summed E-state index contributed by atoms with van der Waals surface area (Å²) in [6, 6.07) is 14.3. The average Bonchev–Trinajstić information content (AvgIpc) is 2.91. The molecule has 4 rings (SSSR count). The number of carbonyl (C=O) groups excluding carboxylic acids is 2. The Morgan fingerprint density at radius 2 is 1.38 bits per heavy atom. The maximum absolute atomic E-state index is 13.4. The zero-order valence-electron chi connectivity index (χ0n) is 22.0. The Morgan fingerprint density at radius 3 is 1.97 bits per heavy atom. The molecule has 0 saturated carbocycles. The number of fused-ring (bicyclic) bond motifs is 2. The highest BCUT2D eigenvalue weighted by atomic mass is 32.2. The zero-order valence-corrected chi connectivity index (χ0v) is 22.9. The lowest BCUT2D eigenvalue weighted by atomic mass is 9.82. The zero-order chi connectivity index (χ0) is 28.0. The fraction of sp³-hybridized carbons (Fsp3) is 0.333. The monoisotopic (exact) mass is 550 g/mol. The van der Waals surface area contributed by atoms with Crippen molar-refractivity contribution in [3.8, 4) is 5.75 Å². The smallest absolute Gasteiger partial charge is 0.296 e. The number of benzene rings is 3. The Balaban J connectivity index is 1.50. The van der Waals surface area contributed by atoms with E-state index in [1.54, 1.807) is 36.4 Å². The fourth-order valence-electron chi connectivity index (χ4n) is 4.82. The molecule has 0 spiro atoms. The van der Waals surface area contributed by atoms with Crippen LogP contribution in [0.3, 0.4) is 0 Å². The van der Waals surface area contributed by atoms with Crippen molar-refractivity contribution >= 4 is 38.7 Å². The van der Waals surface area contributed by atoms with E-state index < -0.39 is 32.3 Å². The van der Waals surface area contributed by atoms with Crippen LogP contribution in [0.15, 0.2) is 59.5 Å². The standard InChI is InChI=1S/C30H34N2O6S/c1-2-3-4-5-6-7-8-11-18-38-21-16-14-20(15-17-21)32-24-19-25(39(35,36)37)28(31)27-26(24)29(33)22-12-9-10-13-23(22)30(27)34/h9-10,12-17,19,32H,2-8,11,18,31H2,1H3,(H,35,36,37). The Bertz CT molecular complexity index is 1470. The molecular weight excluding hydrogens is 516 g/mol. The minimum absolute atomic E-state index is 0.0429. The van der Waals surface area contributed by atoms with E-state index in [4.69, 9.17) is 10.5 Å². The van der Waals surface area contributed by atoms with E-state index in [2.05, 4.69) is 12.2 Å². The predicted molar refractivity (Wildman–Crippen MR) is 152 cm³/mol. The highest BCUT2D eigenvalue weighted by Crippen LogP contribution is 2.40. The number of ether oxygens (including phenoxy) is 1. The summed E-state index contributed by atoms with van der Waals surface area (Å²) in [5.74, 6) is -0.376. The van der Waals surface area contributed by atoms with E-state index in [0.29, 0.717) is 18.0 Å². The van der Waals surface area contributed by atoms with E-state index in [0.717, 1.165) is 18.9 Å². The van der Waals surface area contributed by atoms with Gasteiger partial charge in [0, 0.05) is 16.8 Å². The predicted octanol–water partition coefficient (Wildman–Crippen LogP) is 6.55. The van der Waals surface area contributed by atoms with Crippen LogP contribution in [0.1, 0.15) is 90.1 Å². The second kappa shape index (κ2) is 12.4. The number of unbranched alkanes of at least 4 members (excludes halogenated alkanes) is 7. The molecule has 0 fully saturated rings. The largest absolute Gasteiger partial charge is 0.494 e. The van der Waals surface area contributed by atoms with Crippen molar-refractivity contribution in [2.75, 3.05) is 17.7 Å². The summed E-state index contributed by atoms with van der Waals surface area (Å²) in [5.41, 5.74) is 6.17. The van der Waals surface area contributed by atoms with Gasteiger partial charge < -0.3 is 15.8 Å². The van der Waals surface area contributed by atoms with E-state index in [1.807, 2.05) is 0 Å². The molecule has 1 aliphatic rings. The molecule has 0 bridgehead atoms. The number of ketones is 2. The molecule has 0 aliphatic heterocycles. The molecule has 206 valence electrons. The summed E-state index contributed by atoms with van der Waals surface area (Å²) in [7, 11) is -4.78. The highest BCUT2D eigenvalue weighted by Gasteiger charge is 2.36. The number of hydrogen-bond donors (Lipinski definition) is 3. The van der Waals surface area contributed by atoms with Crippen molar-refractivity contribution in [2.24, 2.45) is 0 Å². The van der Waals surface area contributed by atoms with Crippen LogP contribution in [0, 0.1) is 0 Å². The quantitative estimate of drug-likeness (QED) is 0.0968. The van der Waals surface area contributed by atoms with Crippen LogP contribution in [-0.4, -0.2) is 31.1 Å². The van der Waals surface area contributed by atoms with Crippen molar-refractivity contribution in [3.63, 3.8) is 0 Å². The van der Waals surface area contributed by atoms with Gasteiger partial charge >= 0.3 is 0 Å².